The molecular formula is C13H21N3O3. The number of nitrogens with zero attached hydrogens (tertiary/aromatic N) is 2. The predicted octanol–water partition coefficient (Wildman–Crippen LogP) is 1.59. The van der Waals surface area contributed by atoms with Gasteiger partial charge in [0.05, 0.1) is 6.33 Å². The lowest BCUT2D eigenvalue weighted by atomic mass is 10.1. The predicted molar refractivity (Wildman–Crippen MR) is 70.6 cm³/mol. The molecular weight excluding hydrogens is 246 g/mol. The van der Waals surface area contributed by atoms with Crippen LogP contribution >= 0.6 is 0 Å². The van der Waals surface area contributed by atoms with Crippen molar-refractivity contribution < 1.29 is 14.7 Å². The van der Waals surface area contributed by atoms with E-state index in [9.17, 15) is 9.59 Å². The van der Waals surface area contributed by atoms with Gasteiger partial charge < -0.3 is 15.0 Å². The highest BCUT2D eigenvalue weighted by Gasteiger charge is 2.20. The highest BCUT2D eigenvalue weighted by atomic mass is 16.4. The molecule has 0 aliphatic carbocycles. The van der Waals surface area contributed by atoms with E-state index in [0.717, 1.165) is 12.8 Å². The van der Waals surface area contributed by atoms with Crippen LogP contribution < -0.4 is 5.32 Å². The van der Waals surface area contributed by atoms with Gasteiger partial charge in [0.25, 0.3) is 0 Å². The maximum Gasteiger partial charge on any atom is 0.326 e. The fraction of sp³-hybridized carbons (Fsp3) is 0.615. The minimum Gasteiger partial charge on any atom is -0.480 e. The summed E-state index contributed by atoms with van der Waals surface area (Å²) in [6.07, 6.45) is 7.63. The van der Waals surface area contributed by atoms with Crippen LogP contribution in [0.1, 0.15) is 45.6 Å². The Morgan fingerprint density at radius 1 is 1.42 bits per heavy atom. The van der Waals surface area contributed by atoms with Crippen molar-refractivity contribution in [1.29, 1.82) is 0 Å². The van der Waals surface area contributed by atoms with Crippen LogP contribution in [0.2, 0.25) is 0 Å². The second kappa shape index (κ2) is 7.56. The molecule has 0 radical (unpaired) electrons. The van der Waals surface area contributed by atoms with Crippen LogP contribution in [0.3, 0.4) is 0 Å². The smallest absolute Gasteiger partial charge is 0.326 e. The van der Waals surface area contributed by atoms with E-state index in [-0.39, 0.29) is 18.4 Å². The number of nitrogens with one attached hydrogen (secondary N) is 1. The van der Waals surface area contributed by atoms with Gasteiger partial charge in [0, 0.05) is 24.9 Å². The Hall–Kier alpha value is -1.85. The van der Waals surface area contributed by atoms with Gasteiger partial charge in [0.2, 0.25) is 5.91 Å². The maximum absolute atomic E-state index is 11.9. The van der Waals surface area contributed by atoms with Crippen LogP contribution in [0.5, 0.6) is 0 Å². The molecule has 1 aromatic heterocycles. The Morgan fingerprint density at radius 2 is 2.16 bits per heavy atom. The summed E-state index contributed by atoms with van der Waals surface area (Å²) in [5.74, 6) is -1.23. The Kier molecular flexibility index (Phi) is 6.05. The number of amides is 1. The van der Waals surface area contributed by atoms with Crippen molar-refractivity contribution in [3.63, 3.8) is 0 Å². The molecule has 0 spiro atoms. The third-order valence-corrected chi connectivity index (χ3v) is 3.03. The van der Waals surface area contributed by atoms with Crippen LogP contribution in [0, 0.1) is 0 Å². The molecule has 19 heavy (non-hydrogen) atoms. The van der Waals surface area contributed by atoms with Crippen molar-refractivity contribution >= 4 is 11.9 Å². The number of carboxylic acid groups (broad SMARTS) is 1. The van der Waals surface area contributed by atoms with E-state index in [2.05, 4.69) is 10.3 Å². The minimum absolute atomic E-state index is 0.0267. The number of carbonyl (C=O) groups is 2. The first-order chi connectivity index (χ1) is 9.08. The molecule has 1 unspecified atom stereocenters. The van der Waals surface area contributed by atoms with Crippen molar-refractivity contribution in [3.8, 4) is 0 Å². The van der Waals surface area contributed by atoms with Crippen LogP contribution in [0.15, 0.2) is 18.7 Å². The number of rotatable bonds is 8. The molecule has 0 saturated carbocycles. The van der Waals surface area contributed by atoms with E-state index in [0.29, 0.717) is 6.42 Å². The third-order valence-electron chi connectivity index (χ3n) is 3.03. The Labute approximate surface area is 112 Å². The average Bonchev–Trinajstić information content (AvgIpc) is 2.88. The molecule has 2 atom stereocenters. The number of aliphatic carboxylic acids is 1. The zero-order valence-corrected chi connectivity index (χ0v) is 11.4. The lowest BCUT2D eigenvalue weighted by Gasteiger charge is -2.19. The Bertz CT molecular complexity index is 403. The highest BCUT2D eigenvalue weighted by molar-refractivity contribution is 5.83. The fourth-order valence-electron chi connectivity index (χ4n) is 1.98. The van der Waals surface area contributed by atoms with Crippen molar-refractivity contribution in [2.75, 3.05) is 0 Å². The summed E-state index contributed by atoms with van der Waals surface area (Å²) in [6.45, 7) is 3.78. The molecule has 0 saturated heterocycles. The van der Waals surface area contributed by atoms with Gasteiger partial charge in [0.15, 0.2) is 0 Å². The topological polar surface area (TPSA) is 84.2 Å². The van der Waals surface area contributed by atoms with Crippen molar-refractivity contribution in [1.82, 2.24) is 14.9 Å². The number of imidazole rings is 1. The van der Waals surface area contributed by atoms with Crippen molar-refractivity contribution in [2.45, 2.75) is 51.6 Å². The first kappa shape index (κ1) is 15.2. The molecule has 106 valence electrons. The summed E-state index contributed by atoms with van der Waals surface area (Å²) in [6, 6.07) is -0.781. The largest absolute Gasteiger partial charge is 0.480 e. The van der Waals surface area contributed by atoms with Crippen LogP contribution in [0.25, 0.3) is 0 Å². The second-order valence-electron chi connectivity index (χ2n) is 4.52. The summed E-state index contributed by atoms with van der Waals surface area (Å²) in [7, 11) is 0. The Morgan fingerprint density at radius 3 is 2.63 bits per heavy atom. The molecule has 0 aromatic carbocycles. The summed E-state index contributed by atoms with van der Waals surface area (Å²) >= 11 is 0. The van der Waals surface area contributed by atoms with E-state index in [1.54, 1.807) is 19.4 Å². The summed E-state index contributed by atoms with van der Waals surface area (Å²) in [4.78, 5) is 26.7. The summed E-state index contributed by atoms with van der Waals surface area (Å²) in [5, 5.41) is 11.5. The number of carboxylic acids is 1. The average molecular weight is 267 g/mol. The van der Waals surface area contributed by atoms with Gasteiger partial charge in [-0.3, -0.25) is 4.79 Å². The molecule has 1 amide bonds. The summed E-state index contributed by atoms with van der Waals surface area (Å²) < 4.78 is 1.89. The van der Waals surface area contributed by atoms with Crippen LogP contribution in [-0.2, 0) is 9.59 Å². The second-order valence-corrected chi connectivity index (χ2v) is 4.52. The number of carbonyl (C=O) groups excluding carboxylic acids is 1. The van der Waals surface area contributed by atoms with E-state index in [1.807, 2.05) is 17.7 Å². The van der Waals surface area contributed by atoms with Gasteiger partial charge in [-0.25, -0.2) is 9.78 Å². The van der Waals surface area contributed by atoms with Crippen LogP contribution in [-0.4, -0.2) is 32.6 Å². The minimum atomic E-state index is -0.995. The first-order valence-electron chi connectivity index (χ1n) is 6.58. The number of hydrogen-bond donors (Lipinski definition) is 2. The summed E-state index contributed by atoms with van der Waals surface area (Å²) in [5.41, 5.74) is 0. The standard InChI is InChI=1S/C13H21N3O3/c1-3-5-10(16-7-6-14-9-16)8-12(17)15-11(4-2)13(18)19/h6-7,9-11H,3-5,8H2,1-2H3,(H,15,17)(H,18,19)/t10?,11-/m1/s1. The molecule has 1 aromatic rings. The van der Waals surface area contributed by atoms with Crippen molar-refractivity contribution in [3.05, 3.63) is 18.7 Å². The number of hydrogen-bond acceptors (Lipinski definition) is 3. The highest BCUT2D eigenvalue weighted by Crippen LogP contribution is 2.17. The fourth-order valence-corrected chi connectivity index (χ4v) is 1.98. The third kappa shape index (κ3) is 4.73. The van der Waals surface area contributed by atoms with Gasteiger partial charge in [0.1, 0.15) is 6.04 Å². The van der Waals surface area contributed by atoms with Gasteiger partial charge in [-0.2, -0.15) is 0 Å². The zero-order valence-electron chi connectivity index (χ0n) is 11.4. The molecule has 2 N–H and O–H groups in total. The molecule has 0 aliphatic rings. The molecule has 6 nitrogen and oxygen atoms in total. The van der Waals surface area contributed by atoms with Crippen molar-refractivity contribution in [2.24, 2.45) is 0 Å². The molecule has 0 fully saturated rings. The van der Waals surface area contributed by atoms with Gasteiger partial charge in [-0.15, -0.1) is 0 Å². The van der Waals surface area contributed by atoms with Gasteiger partial charge in [-0.05, 0) is 12.8 Å². The first-order valence-corrected chi connectivity index (χ1v) is 6.58. The number of aromatic nitrogens is 2. The Balaban J connectivity index is 2.59. The molecule has 0 aliphatic heterocycles. The molecule has 0 bridgehead atoms. The van der Waals surface area contributed by atoms with E-state index < -0.39 is 12.0 Å². The lowest BCUT2D eigenvalue weighted by molar-refractivity contribution is -0.142. The van der Waals surface area contributed by atoms with Gasteiger partial charge >= 0.3 is 5.97 Å². The SMILES string of the molecule is CCCC(CC(=O)N[C@H](CC)C(=O)O)n1ccnc1. The van der Waals surface area contributed by atoms with E-state index in [4.69, 9.17) is 5.11 Å². The van der Waals surface area contributed by atoms with E-state index in [1.165, 1.54) is 0 Å². The quantitative estimate of drug-likeness (QED) is 0.749. The maximum atomic E-state index is 11.9. The molecule has 1 heterocycles. The molecule has 6 heteroatoms. The zero-order chi connectivity index (χ0) is 14.3. The molecule has 1 rings (SSSR count). The van der Waals surface area contributed by atoms with E-state index >= 15 is 0 Å². The lowest BCUT2D eigenvalue weighted by Crippen LogP contribution is -2.41. The normalized spacial score (nSPS) is 13.8. The monoisotopic (exact) mass is 267 g/mol. The van der Waals surface area contributed by atoms with Gasteiger partial charge in [-0.1, -0.05) is 20.3 Å². The van der Waals surface area contributed by atoms with Crippen LogP contribution in [0.4, 0.5) is 0 Å².